The van der Waals surface area contributed by atoms with Crippen LogP contribution in [0.3, 0.4) is 0 Å². The van der Waals surface area contributed by atoms with Crippen LogP contribution in [0, 0.1) is 11.1 Å². The van der Waals surface area contributed by atoms with Gasteiger partial charge in [-0.1, -0.05) is 0 Å². The second-order valence-corrected chi connectivity index (χ2v) is 1.93. The third-order valence-corrected chi connectivity index (χ3v) is 0.391. The zero-order valence-corrected chi connectivity index (χ0v) is 3.59. The zero-order valence-electron chi connectivity index (χ0n) is 2.70. The van der Waals surface area contributed by atoms with Gasteiger partial charge in [0.25, 0.3) is 0 Å². The van der Waals surface area contributed by atoms with Crippen molar-refractivity contribution >= 4 is 7.60 Å². The van der Waals surface area contributed by atoms with Gasteiger partial charge in [0, 0.05) is 0 Å². The Morgan fingerprint density at radius 1 is 1.67 bits per heavy atom. The molecule has 0 rings (SSSR count). The van der Waals surface area contributed by atoms with Gasteiger partial charge < -0.3 is 9.79 Å². The molecule has 0 spiro atoms. The lowest BCUT2D eigenvalue weighted by Gasteiger charge is -1.80. The number of hydrogen-bond donors (Lipinski definition) is 2. The summed E-state index contributed by atoms with van der Waals surface area (Å²) in [5.74, 6) is 0.771. The second kappa shape index (κ2) is 1.39. The minimum absolute atomic E-state index is 0.771. The van der Waals surface area contributed by atoms with Crippen molar-refractivity contribution in [1.29, 1.82) is 5.26 Å². The molecule has 0 saturated carbocycles. The van der Waals surface area contributed by atoms with Crippen LogP contribution in [-0.4, -0.2) is 9.79 Å². The topological polar surface area (TPSA) is 81.3 Å². The van der Waals surface area contributed by atoms with Crippen molar-refractivity contribution < 1.29 is 14.4 Å². The van der Waals surface area contributed by atoms with Gasteiger partial charge in [0.05, 0.1) is 0 Å². The molecule has 0 unspecified atom stereocenters. The van der Waals surface area contributed by atoms with Crippen LogP contribution in [-0.2, 0) is 4.57 Å². The van der Waals surface area contributed by atoms with E-state index in [-0.39, 0.29) is 0 Å². The molecule has 0 amide bonds. The first kappa shape index (κ1) is 5.64. The molecule has 6 heavy (non-hydrogen) atoms. The molecule has 34 valence electrons. The Morgan fingerprint density at radius 2 is 1.83 bits per heavy atom. The van der Waals surface area contributed by atoms with Gasteiger partial charge in [-0.25, -0.2) is 4.57 Å². The normalized spacial score (nSPS) is 10.2. The fraction of sp³-hybridized carbons (Fsp3) is 0. The lowest BCUT2D eigenvalue weighted by Crippen LogP contribution is -1.64. The predicted octanol–water partition coefficient (Wildman–Crippen LogP) is -0.355. The number of nitriles is 1. The molecule has 0 aromatic carbocycles. The first-order chi connectivity index (χ1) is 2.56. The van der Waals surface area contributed by atoms with Gasteiger partial charge in [-0.15, -0.1) is 0 Å². The fourth-order valence-corrected chi connectivity index (χ4v) is 0. The van der Waals surface area contributed by atoms with E-state index in [9.17, 15) is 4.57 Å². The molecule has 0 aromatic heterocycles. The highest BCUT2D eigenvalue weighted by molar-refractivity contribution is 7.57. The van der Waals surface area contributed by atoms with E-state index < -0.39 is 7.60 Å². The standard InChI is InChI=1S/CH2NO3P/c2-1-6(3,4)5/h(H2,3,4,5). The average Bonchev–Trinajstić information content (AvgIpc) is 1.35. The van der Waals surface area contributed by atoms with E-state index >= 15 is 0 Å². The molecule has 0 aliphatic heterocycles. The van der Waals surface area contributed by atoms with Crippen molar-refractivity contribution in [3.05, 3.63) is 0 Å². The van der Waals surface area contributed by atoms with Gasteiger partial charge in [0.15, 0.2) is 5.81 Å². The summed E-state index contributed by atoms with van der Waals surface area (Å²) in [6, 6.07) is 0. The molecule has 2 N–H and O–H groups in total. The van der Waals surface area contributed by atoms with Crippen LogP contribution in [0.2, 0.25) is 0 Å². The maximum Gasteiger partial charge on any atom is 0.426 e. The Balaban J connectivity index is 3.94. The van der Waals surface area contributed by atoms with Gasteiger partial charge in [-0.2, -0.15) is 5.26 Å². The smallest absolute Gasteiger partial charge is 0.314 e. The largest absolute Gasteiger partial charge is 0.426 e. The summed E-state index contributed by atoms with van der Waals surface area (Å²) < 4.78 is 9.33. The van der Waals surface area contributed by atoms with E-state index in [2.05, 4.69) is 0 Å². The number of hydrogen-bond acceptors (Lipinski definition) is 2. The Morgan fingerprint density at radius 3 is 1.83 bits per heavy atom. The molecule has 0 radical (unpaired) electrons. The maximum atomic E-state index is 9.33. The van der Waals surface area contributed by atoms with Crippen LogP contribution >= 0.6 is 7.60 Å². The van der Waals surface area contributed by atoms with Gasteiger partial charge in [-0.05, 0) is 0 Å². The van der Waals surface area contributed by atoms with Crippen molar-refractivity contribution in [3.8, 4) is 5.81 Å². The van der Waals surface area contributed by atoms with Crippen LogP contribution < -0.4 is 0 Å². The molecule has 0 aromatic rings. The molecule has 0 atom stereocenters. The van der Waals surface area contributed by atoms with Crippen LogP contribution in [0.5, 0.6) is 0 Å². The van der Waals surface area contributed by atoms with Gasteiger partial charge in [0.2, 0.25) is 0 Å². The highest BCUT2D eigenvalue weighted by atomic mass is 31.2. The first-order valence-electron chi connectivity index (χ1n) is 1.03. The van der Waals surface area contributed by atoms with E-state index in [1.807, 2.05) is 0 Å². The fourth-order valence-electron chi connectivity index (χ4n) is 0. The van der Waals surface area contributed by atoms with E-state index in [1.54, 1.807) is 0 Å². The van der Waals surface area contributed by atoms with E-state index in [1.165, 1.54) is 0 Å². The van der Waals surface area contributed by atoms with Crippen LogP contribution in [0.25, 0.3) is 0 Å². The molecular formula is CH2NO3P. The summed E-state index contributed by atoms with van der Waals surface area (Å²) >= 11 is 0. The van der Waals surface area contributed by atoms with Crippen molar-refractivity contribution in [2.75, 3.05) is 0 Å². The Labute approximate surface area is 34.2 Å². The summed E-state index contributed by atoms with van der Waals surface area (Å²) in [5.41, 5.74) is 0. The van der Waals surface area contributed by atoms with E-state index in [0.717, 1.165) is 5.81 Å². The second-order valence-electron chi connectivity index (χ2n) is 0.644. The van der Waals surface area contributed by atoms with Crippen molar-refractivity contribution in [2.45, 2.75) is 0 Å². The van der Waals surface area contributed by atoms with E-state index in [4.69, 9.17) is 15.0 Å². The summed E-state index contributed by atoms with van der Waals surface area (Å²) in [7, 11) is -4.34. The van der Waals surface area contributed by atoms with Crippen LogP contribution in [0.1, 0.15) is 0 Å². The molecule has 0 aliphatic carbocycles. The van der Waals surface area contributed by atoms with Crippen LogP contribution in [0.4, 0.5) is 0 Å². The maximum absolute atomic E-state index is 9.33. The summed E-state index contributed by atoms with van der Waals surface area (Å²) in [4.78, 5) is 15.2. The minimum Gasteiger partial charge on any atom is -0.314 e. The Bertz CT molecular complexity index is 117. The molecule has 4 nitrogen and oxygen atoms in total. The third-order valence-electron chi connectivity index (χ3n) is 0.130. The van der Waals surface area contributed by atoms with Crippen molar-refractivity contribution in [1.82, 2.24) is 0 Å². The van der Waals surface area contributed by atoms with Gasteiger partial charge in [-0.3, -0.25) is 0 Å². The molecule has 0 aliphatic rings. The SMILES string of the molecule is N#CP(=O)(O)O. The summed E-state index contributed by atoms with van der Waals surface area (Å²) in [6.07, 6.45) is 0. The lowest BCUT2D eigenvalue weighted by molar-refractivity contribution is 0.388. The monoisotopic (exact) mass is 107 g/mol. The number of rotatable bonds is 0. The molecule has 0 fully saturated rings. The van der Waals surface area contributed by atoms with Crippen LogP contribution in [0.15, 0.2) is 0 Å². The first-order valence-corrected chi connectivity index (χ1v) is 2.64. The molecule has 0 saturated heterocycles. The molecule has 0 heterocycles. The molecule has 0 bridgehead atoms. The Hall–Kier alpha value is -0.360. The quantitative estimate of drug-likeness (QED) is 0.414. The molecule has 5 heteroatoms. The highest BCUT2D eigenvalue weighted by Crippen LogP contribution is 2.30. The predicted molar refractivity (Wildman–Crippen MR) is 17.7 cm³/mol. The average molecular weight is 107 g/mol. The highest BCUT2D eigenvalue weighted by Gasteiger charge is 2.06. The van der Waals surface area contributed by atoms with Gasteiger partial charge in [0.1, 0.15) is 0 Å². The molecular weight excluding hydrogens is 105 g/mol. The van der Waals surface area contributed by atoms with Crippen molar-refractivity contribution in [3.63, 3.8) is 0 Å². The van der Waals surface area contributed by atoms with E-state index in [0.29, 0.717) is 0 Å². The minimum atomic E-state index is -4.34. The lowest BCUT2D eigenvalue weighted by atomic mass is 11.8. The third kappa shape index (κ3) is 3.64. The Kier molecular flexibility index (Phi) is 1.31. The number of nitrogens with zero attached hydrogens (tertiary/aromatic N) is 1. The van der Waals surface area contributed by atoms with Crippen molar-refractivity contribution in [2.24, 2.45) is 0 Å². The summed E-state index contributed by atoms with van der Waals surface area (Å²) in [6.45, 7) is 0. The summed E-state index contributed by atoms with van der Waals surface area (Å²) in [5, 5.41) is 7.39. The zero-order chi connectivity index (χ0) is 5.21. The van der Waals surface area contributed by atoms with Gasteiger partial charge >= 0.3 is 7.60 Å².